The number of halogens is 2. The summed E-state index contributed by atoms with van der Waals surface area (Å²) in [6, 6.07) is 20.5. The minimum atomic E-state index is -0.226. The molecule has 0 aliphatic rings. The van der Waals surface area contributed by atoms with E-state index in [1.807, 2.05) is 35.7 Å². The van der Waals surface area contributed by atoms with Crippen LogP contribution in [0.25, 0.3) is 11.3 Å². The Morgan fingerprint density at radius 3 is 2.61 bits per heavy atom. The van der Waals surface area contributed by atoms with Crippen LogP contribution >= 0.6 is 46.3 Å². The van der Waals surface area contributed by atoms with Crippen LogP contribution in [0.5, 0.6) is 11.5 Å². The van der Waals surface area contributed by atoms with Gasteiger partial charge in [-0.25, -0.2) is 10.4 Å². The molecule has 0 bridgehead atoms. The molecule has 0 aliphatic heterocycles. The fourth-order valence-electron chi connectivity index (χ4n) is 3.11. The van der Waals surface area contributed by atoms with E-state index >= 15 is 0 Å². The number of thioether (sulfide) groups is 1. The van der Waals surface area contributed by atoms with E-state index in [1.54, 1.807) is 43.5 Å². The summed E-state index contributed by atoms with van der Waals surface area (Å²) in [5.74, 6) is 1.03. The number of hydrogen-bond acceptors (Lipinski definition) is 7. The van der Waals surface area contributed by atoms with Crippen molar-refractivity contribution in [3.63, 3.8) is 0 Å². The van der Waals surface area contributed by atoms with Gasteiger partial charge in [-0.3, -0.25) is 4.79 Å². The molecule has 1 N–H and O–H groups in total. The molecule has 36 heavy (non-hydrogen) atoms. The number of methoxy groups -OCH3 is 1. The van der Waals surface area contributed by atoms with Crippen LogP contribution in [0, 0.1) is 0 Å². The van der Waals surface area contributed by atoms with Crippen molar-refractivity contribution in [2.75, 3.05) is 12.9 Å². The molecule has 10 heteroatoms. The number of hydrazone groups is 1. The monoisotopic (exact) mass is 557 g/mol. The summed E-state index contributed by atoms with van der Waals surface area (Å²) in [6.07, 6.45) is 1.54. The second-order valence-electron chi connectivity index (χ2n) is 7.35. The number of benzene rings is 3. The number of nitrogens with one attached hydrogen (secondary N) is 1. The van der Waals surface area contributed by atoms with Gasteiger partial charge in [0, 0.05) is 26.6 Å². The zero-order valence-corrected chi connectivity index (χ0v) is 22.3. The molecule has 0 radical (unpaired) electrons. The van der Waals surface area contributed by atoms with E-state index in [4.69, 9.17) is 32.7 Å². The number of carbonyl (C=O) groups excluding carboxylic acids is 1. The fraction of sp³-hybridized carbons (Fsp3) is 0.115. The molecular formula is C26H21Cl2N3O3S2. The van der Waals surface area contributed by atoms with E-state index in [-0.39, 0.29) is 18.3 Å². The summed E-state index contributed by atoms with van der Waals surface area (Å²) in [6.45, 7) is 0.196. The van der Waals surface area contributed by atoms with Crippen LogP contribution in [-0.2, 0) is 11.4 Å². The number of thiazole rings is 1. The quantitative estimate of drug-likeness (QED) is 0.130. The van der Waals surface area contributed by atoms with Gasteiger partial charge in [-0.1, -0.05) is 71.4 Å². The SMILES string of the molecule is COc1cc(/C=N/NC(=O)CSc2nc(-c3ccccc3)cs2)ccc1OCc1c(Cl)cccc1Cl. The molecule has 6 nitrogen and oxygen atoms in total. The number of carbonyl (C=O) groups is 1. The Morgan fingerprint density at radius 2 is 1.86 bits per heavy atom. The third-order valence-corrected chi connectivity index (χ3v) is 7.63. The Labute approximate surface area is 227 Å². The van der Waals surface area contributed by atoms with Crippen LogP contribution in [-0.4, -0.2) is 30.0 Å². The summed E-state index contributed by atoms with van der Waals surface area (Å²) in [7, 11) is 1.55. The molecule has 1 amide bonds. The van der Waals surface area contributed by atoms with Gasteiger partial charge in [0.15, 0.2) is 15.8 Å². The summed E-state index contributed by atoms with van der Waals surface area (Å²) in [5.41, 5.74) is 5.92. The fourth-order valence-corrected chi connectivity index (χ4v) is 5.24. The smallest absolute Gasteiger partial charge is 0.250 e. The molecule has 3 aromatic carbocycles. The minimum Gasteiger partial charge on any atom is -0.493 e. The lowest BCUT2D eigenvalue weighted by Crippen LogP contribution is -2.19. The van der Waals surface area contributed by atoms with Gasteiger partial charge in [0.2, 0.25) is 0 Å². The zero-order chi connectivity index (χ0) is 25.3. The van der Waals surface area contributed by atoms with Crippen molar-refractivity contribution >= 4 is 58.4 Å². The second kappa shape index (κ2) is 12.8. The van der Waals surface area contributed by atoms with Gasteiger partial charge in [0.25, 0.3) is 5.91 Å². The molecule has 0 saturated carbocycles. The molecule has 184 valence electrons. The number of rotatable bonds is 10. The van der Waals surface area contributed by atoms with Crippen LogP contribution in [0.1, 0.15) is 11.1 Å². The predicted molar refractivity (Wildman–Crippen MR) is 148 cm³/mol. The van der Waals surface area contributed by atoms with Crippen molar-refractivity contribution in [3.05, 3.63) is 93.3 Å². The van der Waals surface area contributed by atoms with Gasteiger partial charge in [-0.2, -0.15) is 5.10 Å². The first kappa shape index (κ1) is 26.0. The van der Waals surface area contributed by atoms with Crippen LogP contribution in [0.3, 0.4) is 0 Å². The van der Waals surface area contributed by atoms with Crippen LogP contribution < -0.4 is 14.9 Å². The third kappa shape index (κ3) is 7.01. The van der Waals surface area contributed by atoms with E-state index in [0.29, 0.717) is 27.1 Å². The van der Waals surface area contributed by atoms with Crippen LogP contribution in [0.4, 0.5) is 0 Å². The average Bonchev–Trinajstić information content (AvgIpc) is 3.37. The molecule has 0 saturated heterocycles. The number of nitrogens with zero attached hydrogens (tertiary/aromatic N) is 2. The van der Waals surface area contributed by atoms with Gasteiger partial charge in [0.05, 0.1) is 24.8 Å². The van der Waals surface area contributed by atoms with Crippen molar-refractivity contribution in [1.29, 1.82) is 0 Å². The highest BCUT2D eigenvalue weighted by Gasteiger charge is 2.10. The van der Waals surface area contributed by atoms with E-state index < -0.39 is 0 Å². The minimum absolute atomic E-state index is 0.196. The maximum atomic E-state index is 12.2. The number of ether oxygens (including phenoxy) is 2. The first-order valence-electron chi connectivity index (χ1n) is 10.7. The van der Waals surface area contributed by atoms with Crippen molar-refractivity contribution in [2.45, 2.75) is 10.9 Å². The number of amides is 1. The largest absolute Gasteiger partial charge is 0.493 e. The average molecular weight is 559 g/mol. The van der Waals surface area contributed by atoms with Crippen molar-refractivity contribution in [3.8, 4) is 22.8 Å². The normalized spacial score (nSPS) is 11.0. The van der Waals surface area contributed by atoms with Gasteiger partial charge in [0.1, 0.15) is 6.61 Å². The first-order chi connectivity index (χ1) is 17.5. The Bertz CT molecular complexity index is 1340. The standard InChI is InChI=1S/C26H21Cl2N3O3S2/c1-33-24-12-17(10-11-23(24)34-14-19-20(27)8-5-9-21(19)28)13-29-31-25(32)16-36-26-30-22(15-35-26)18-6-3-2-4-7-18/h2-13,15H,14,16H2,1H3,(H,31,32)/b29-13+. The Morgan fingerprint density at radius 1 is 1.08 bits per heavy atom. The molecule has 0 unspecified atom stereocenters. The van der Waals surface area contributed by atoms with E-state index in [0.717, 1.165) is 21.2 Å². The number of aromatic nitrogens is 1. The molecule has 0 atom stereocenters. The summed E-state index contributed by atoms with van der Waals surface area (Å²) < 4.78 is 12.1. The molecule has 1 heterocycles. The third-order valence-electron chi connectivity index (χ3n) is 4.90. The number of hydrogen-bond donors (Lipinski definition) is 1. The van der Waals surface area contributed by atoms with Gasteiger partial charge >= 0.3 is 0 Å². The lowest BCUT2D eigenvalue weighted by Gasteiger charge is -2.13. The molecule has 1 aromatic heterocycles. The van der Waals surface area contributed by atoms with E-state index in [1.165, 1.54) is 29.3 Å². The Hall–Kier alpha value is -3.04. The summed E-state index contributed by atoms with van der Waals surface area (Å²) in [5, 5.41) is 7.09. The second-order valence-corrected chi connectivity index (χ2v) is 10.2. The summed E-state index contributed by atoms with van der Waals surface area (Å²) in [4.78, 5) is 16.8. The van der Waals surface area contributed by atoms with E-state index in [2.05, 4.69) is 15.5 Å². The molecule has 0 aliphatic carbocycles. The predicted octanol–water partition coefficient (Wildman–Crippen LogP) is 6.95. The molecule has 0 fully saturated rings. The van der Waals surface area contributed by atoms with Gasteiger partial charge in [-0.15, -0.1) is 11.3 Å². The van der Waals surface area contributed by atoms with Crippen LogP contribution in [0.2, 0.25) is 10.0 Å². The van der Waals surface area contributed by atoms with E-state index in [9.17, 15) is 4.79 Å². The molecule has 4 aromatic rings. The topological polar surface area (TPSA) is 72.8 Å². The highest BCUT2D eigenvalue weighted by atomic mass is 35.5. The van der Waals surface area contributed by atoms with Gasteiger partial charge in [-0.05, 0) is 35.9 Å². The Kier molecular flexibility index (Phi) is 9.24. The van der Waals surface area contributed by atoms with Crippen molar-refractivity contribution in [2.24, 2.45) is 5.10 Å². The lowest BCUT2D eigenvalue weighted by atomic mass is 10.2. The lowest BCUT2D eigenvalue weighted by molar-refractivity contribution is -0.118. The maximum absolute atomic E-state index is 12.2. The van der Waals surface area contributed by atoms with Crippen LogP contribution in [0.15, 0.2) is 81.6 Å². The molecule has 4 rings (SSSR count). The summed E-state index contributed by atoms with van der Waals surface area (Å²) >= 11 is 15.3. The first-order valence-corrected chi connectivity index (χ1v) is 13.3. The molecular weight excluding hydrogens is 537 g/mol. The highest BCUT2D eigenvalue weighted by Crippen LogP contribution is 2.31. The Balaban J connectivity index is 1.28. The highest BCUT2D eigenvalue weighted by molar-refractivity contribution is 8.01. The molecule has 0 spiro atoms. The zero-order valence-electron chi connectivity index (χ0n) is 19.1. The maximum Gasteiger partial charge on any atom is 0.250 e. The van der Waals surface area contributed by atoms with Crippen molar-refractivity contribution < 1.29 is 14.3 Å². The van der Waals surface area contributed by atoms with Gasteiger partial charge < -0.3 is 9.47 Å². The van der Waals surface area contributed by atoms with Crippen molar-refractivity contribution in [1.82, 2.24) is 10.4 Å².